The Morgan fingerprint density at radius 1 is 1.37 bits per heavy atom. The minimum absolute atomic E-state index is 0.244. The van der Waals surface area contributed by atoms with Crippen LogP contribution in [0.15, 0.2) is 58.8 Å². The summed E-state index contributed by atoms with van der Waals surface area (Å²) in [6.07, 6.45) is 9.07. The number of fused-ring (bicyclic) bond motifs is 1. The first-order valence-corrected chi connectivity index (χ1v) is 5.75. The fourth-order valence-corrected chi connectivity index (χ4v) is 1.66. The highest BCUT2D eigenvalue weighted by molar-refractivity contribution is 5.81. The van der Waals surface area contributed by atoms with Crippen molar-refractivity contribution in [3.8, 4) is 0 Å². The standard InChI is InChI=1S/C14H14N4O/c1-4-13-11(9-15-3)5-6-12-14(17-8-7-16-12)18-10(2)19-13/h4,6-9H,1-2,5H2,3H3/b12-6+,13-11+,15-9-,18-14+. The van der Waals surface area contributed by atoms with Crippen molar-refractivity contribution < 1.29 is 4.74 Å². The first-order valence-electron chi connectivity index (χ1n) is 5.75. The van der Waals surface area contributed by atoms with E-state index in [1.807, 2.05) is 6.08 Å². The van der Waals surface area contributed by atoms with Crippen LogP contribution >= 0.6 is 0 Å². The van der Waals surface area contributed by atoms with Gasteiger partial charge in [0, 0.05) is 31.2 Å². The van der Waals surface area contributed by atoms with Gasteiger partial charge in [0.1, 0.15) is 11.1 Å². The lowest BCUT2D eigenvalue weighted by molar-refractivity contribution is 0.313. The quantitative estimate of drug-likeness (QED) is 0.737. The molecule has 96 valence electrons. The summed E-state index contributed by atoms with van der Waals surface area (Å²) >= 11 is 0. The highest BCUT2D eigenvalue weighted by Gasteiger charge is 2.07. The molecule has 19 heavy (non-hydrogen) atoms. The van der Waals surface area contributed by atoms with E-state index in [0.717, 1.165) is 5.57 Å². The molecule has 1 aliphatic heterocycles. The first-order chi connectivity index (χ1) is 9.24. The van der Waals surface area contributed by atoms with Crippen molar-refractivity contribution in [1.82, 2.24) is 9.97 Å². The van der Waals surface area contributed by atoms with Gasteiger partial charge in [-0.2, -0.15) is 4.99 Å². The summed E-state index contributed by atoms with van der Waals surface area (Å²) in [5.41, 5.74) is 1.37. The van der Waals surface area contributed by atoms with Crippen molar-refractivity contribution in [1.29, 1.82) is 0 Å². The minimum atomic E-state index is 0.244. The van der Waals surface area contributed by atoms with Crippen LogP contribution in [0.3, 0.4) is 0 Å². The van der Waals surface area contributed by atoms with Gasteiger partial charge in [-0.05, 0) is 19.1 Å². The monoisotopic (exact) mass is 254 g/mol. The van der Waals surface area contributed by atoms with E-state index in [4.69, 9.17) is 4.74 Å². The van der Waals surface area contributed by atoms with Gasteiger partial charge in [0.25, 0.3) is 0 Å². The average molecular weight is 254 g/mol. The highest BCUT2D eigenvalue weighted by Crippen LogP contribution is 2.15. The molecule has 0 atom stereocenters. The van der Waals surface area contributed by atoms with Crippen molar-refractivity contribution in [3.05, 3.63) is 59.7 Å². The summed E-state index contributed by atoms with van der Waals surface area (Å²) in [6, 6.07) is 0. The highest BCUT2D eigenvalue weighted by atomic mass is 16.5. The number of nitrogens with zero attached hydrogens (tertiary/aromatic N) is 4. The molecule has 5 nitrogen and oxygen atoms in total. The van der Waals surface area contributed by atoms with E-state index < -0.39 is 0 Å². The van der Waals surface area contributed by atoms with Crippen molar-refractivity contribution >= 4 is 12.3 Å². The third-order valence-corrected chi connectivity index (χ3v) is 2.47. The second-order valence-electron chi connectivity index (χ2n) is 3.76. The Morgan fingerprint density at radius 2 is 2.16 bits per heavy atom. The summed E-state index contributed by atoms with van der Waals surface area (Å²) in [6.45, 7) is 7.48. The Labute approximate surface area is 111 Å². The Kier molecular flexibility index (Phi) is 3.97. The summed E-state index contributed by atoms with van der Waals surface area (Å²) in [7, 11) is 1.70. The van der Waals surface area contributed by atoms with Gasteiger partial charge in [-0.3, -0.25) is 9.98 Å². The second-order valence-corrected chi connectivity index (χ2v) is 3.76. The number of ether oxygens (including phenoxy) is 1. The SMILES string of the molecule is C=C/C1=C(\C=N/C)C/C=c2/nccn/c2=N/C(=C)O1. The van der Waals surface area contributed by atoms with Crippen molar-refractivity contribution in [3.63, 3.8) is 0 Å². The van der Waals surface area contributed by atoms with Crippen molar-refractivity contribution in [2.75, 3.05) is 7.05 Å². The zero-order valence-corrected chi connectivity index (χ0v) is 10.7. The van der Waals surface area contributed by atoms with Crippen LogP contribution < -0.4 is 10.8 Å². The molecular weight excluding hydrogens is 240 g/mol. The summed E-state index contributed by atoms with van der Waals surface area (Å²) < 4.78 is 5.56. The molecular formula is C14H14N4O. The van der Waals surface area contributed by atoms with Crippen molar-refractivity contribution in [2.45, 2.75) is 6.42 Å². The number of allylic oxidation sites excluding steroid dienone is 2. The van der Waals surface area contributed by atoms with Gasteiger partial charge < -0.3 is 4.74 Å². The smallest absolute Gasteiger partial charge is 0.214 e. The molecule has 0 unspecified atom stereocenters. The summed E-state index contributed by atoms with van der Waals surface area (Å²) in [4.78, 5) is 16.6. The van der Waals surface area contributed by atoms with Crippen LogP contribution in [0.5, 0.6) is 0 Å². The molecule has 2 heterocycles. The summed E-state index contributed by atoms with van der Waals surface area (Å²) in [5, 5.41) is 0.694. The molecule has 0 amide bonds. The molecule has 1 aromatic heterocycles. The third-order valence-electron chi connectivity index (χ3n) is 2.47. The molecule has 0 saturated heterocycles. The van der Waals surface area contributed by atoms with Crippen LogP contribution in [0.4, 0.5) is 0 Å². The maximum atomic E-state index is 5.56. The van der Waals surface area contributed by atoms with Crippen LogP contribution in [-0.2, 0) is 4.74 Å². The summed E-state index contributed by atoms with van der Waals surface area (Å²) in [5.74, 6) is 0.831. The predicted molar refractivity (Wildman–Crippen MR) is 73.8 cm³/mol. The van der Waals surface area contributed by atoms with Gasteiger partial charge in [-0.15, -0.1) is 0 Å². The van der Waals surface area contributed by atoms with Gasteiger partial charge >= 0.3 is 0 Å². The minimum Gasteiger partial charge on any atom is -0.439 e. The van der Waals surface area contributed by atoms with Crippen molar-refractivity contribution in [2.24, 2.45) is 9.98 Å². The second kappa shape index (κ2) is 5.86. The lowest BCUT2D eigenvalue weighted by Gasteiger charge is -2.07. The maximum Gasteiger partial charge on any atom is 0.214 e. The zero-order valence-electron chi connectivity index (χ0n) is 10.7. The molecule has 5 heteroatoms. The van der Waals surface area contributed by atoms with E-state index >= 15 is 0 Å². The third kappa shape index (κ3) is 3.01. The number of hydrogen-bond acceptors (Lipinski definition) is 5. The normalized spacial score (nSPS) is 22.9. The van der Waals surface area contributed by atoms with Crippen LogP contribution in [0.2, 0.25) is 0 Å². The van der Waals surface area contributed by atoms with Gasteiger partial charge in [0.15, 0.2) is 5.49 Å². The van der Waals surface area contributed by atoms with E-state index in [1.165, 1.54) is 0 Å². The molecule has 0 aliphatic carbocycles. The fourth-order valence-electron chi connectivity index (χ4n) is 1.66. The number of rotatable bonds is 2. The Balaban J connectivity index is 2.62. The lowest BCUT2D eigenvalue weighted by Crippen LogP contribution is -2.31. The zero-order chi connectivity index (χ0) is 13.7. The van der Waals surface area contributed by atoms with Gasteiger partial charge in [-0.25, -0.2) is 4.98 Å². The molecule has 0 bridgehead atoms. The Morgan fingerprint density at radius 3 is 2.89 bits per heavy atom. The average Bonchev–Trinajstić information content (AvgIpc) is 2.48. The van der Waals surface area contributed by atoms with E-state index in [2.05, 4.69) is 33.1 Å². The van der Waals surface area contributed by atoms with Crippen LogP contribution in [-0.4, -0.2) is 23.2 Å². The Bertz CT molecular complexity index is 686. The molecule has 2 rings (SSSR count). The Hall–Kier alpha value is -2.56. The van der Waals surface area contributed by atoms with E-state index in [-0.39, 0.29) is 5.88 Å². The molecule has 0 N–H and O–H groups in total. The van der Waals surface area contributed by atoms with E-state index in [1.54, 1.807) is 31.7 Å². The molecule has 0 fully saturated rings. The molecule has 1 aromatic rings. The van der Waals surface area contributed by atoms with Crippen LogP contribution in [0, 0.1) is 0 Å². The lowest BCUT2D eigenvalue weighted by atomic mass is 10.1. The molecule has 0 radical (unpaired) electrons. The van der Waals surface area contributed by atoms with E-state index in [0.29, 0.717) is 23.0 Å². The number of aliphatic imine (C=N–C) groups is 1. The number of hydrogen-bond donors (Lipinski definition) is 0. The number of aromatic nitrogens is 2. The van der Waals surface area contributed by atoms with Gasteiger partial charge in [0.2, 0.25) is 5.88 Å². The van der Waals surface area contributed by atoms with Crippen LogP contribution in [0.1, 0.15) is 6.42 Å². The molecule has 0 aromatic carbocycles. The predicted octanol–water partition coefficient (Wildman–Crippen LogP) is 0.909. The fraction of sp³-hybridized carbons (Fsp3) is 0.143. The topological polar surface area (TPSA) is 59.7 Å². The van der Waals surface area contributed by atoms with Crippen LogP contribution in [0.25, 0.3) is 6.08 Å². The maximum absolute atomic E-state index is 5.56. The molecule has 0 spiro atoms. The van der Waals surface area contributed by atoms with E-state index in [9.17, 15) is 0 Å². The first kappa shape index (κ1) is 12.9. The molecule has 0 saturated carbocycles. The van der Waals surface area contributed by atoms with Gasteiger partial charge in [0.05, 0.1) is 0 Å². The largest absolute Gasteiger partial charge is 0.439 e. The molecule has 1 aliphatic rings. The van der Waals surface area contributed by atoms with Gasteiger partial charge in [-0.1, -0.05) is 12.7 Å².